The molecule has 0 aliphatic rings. The summed E-state index contributed by atoms with van der Waals surface area (Å²) in [5.41, 5.74) is 1.77. The number of benzene rings is 7. The largest absolute Gasteiger partial charge is 0.456 e. The van der Waals surface area contributed by atoms with Crippen LogP contribution < -0.4 is 15.9 Å². The molecule has 0 fully saturated rings. The van der Waals surface area contributed by atoms with Crippen LogP contribution >= 0.6 is 7.14 Å². The smallest absolute Gasteiger partial charge is 0.171 e. The molecule has 1 aromatic heterocycles. The Morgan fingerprint density at radius 2 is 0.872 bits per heavy atom. The molecule has 0 saturated carbocycles. The SMILES string of the molecule is O=P(c1ccccc1)(c1ccccc1)c1ccc2c(c1)c1ccccc1c1cc3c(cc21)oc1ccccc13. The maximum Gasteiger partial charge on any atom is 0.171 e. The first-order chi connectivity index (χ1) is 19.2. The molecule has 7 aromatic carbocycles. The van der Waals surface area contributed by atoms with Gasteiger partial charge in [0, 0.05) is 26.7 Å². The lowest BCUT2D eigenvalue weighted by atomic mass is 9.93. The molecule has 0 saturated heterocycles. The van der Waals surface area contributed by atoms with E-state index in [2.05, 4.69) is 66.7 Å². The molecule has 3 heteroatoms. The van der Waals surface area contributed by atoms with Gasteiger partial charge < -0.3 is 8.98 Å². The van der Waals surface area contributed by atoms with E-state index in [0.29, 0.717) is 0 Å². The molecule has 0 aliphatic carbocycles. The van der Waals surface area contributed by atoms with Gasteiger partial charge in [-0.15, -0.1) is 0 Å². The van der Waals surface area contributed by atoms with Gasteiger partial charge in [-0.05, 0) is 56.6 Å². The van der Waals surface area contributed by atoms with Crippen molar-refractivity contribution < 1.29 is 8.98 Å². The Hall–Kier alpha value is -4.65. The van der Waals surface area contributed by atoms with E-state index in [0.717, 1.165) is 59.4 Å². The first-order valence-corrected chi connectivity index (χ1v) is 14.8. The second-order valence-electron chi connectivity index (χ2n) is 10.0. The highest BCUT2D eigenvalue weighted by molar-refractivity contribution is 7.85. The third kappa shape index (κ3) is 3.25. The lowest BCUT2D eigenvalue weighted by molar-refractivity contribution is 0.592. The summed E-state index contributed by atoms with van der Waals surface area (Å²) in [6, 6.07) is 47.3. The van der Waals surface area contributed by atoms with E-state index in [4.69, 9.17) is 4.42 Å². The van der Waals surface area contributed by atoms with Crippen molar-refractivity contribution in [1.82, 2.24) is 0 Å². The van der Waals surface area contributed by atoms with Gasteiger partial charge in [-0.3, -0.25) is 0 Å². The highest BCUT2D eigenvalue weighted by atomic mass is 31.2. The third-order valence-electron chi connectivity index (χ3n) is 7.92. The Kier molecular flexibility index (Phi) is 4.83. The summed E-state index contributed by atoms with van der Waals surface area (Å²) < 4.78 is 21.4. The van der Waals surface area contributed by atoms with Gasteiger partial charge in [0.25, 0.3) is 0 Å². The maximum absolute atomic E-state index is 15.1. The van der Waals surface area contributed by atoms with Crippen LogP contribution in [0.15, 0.2) is 144 Å². The molecule has 0 spiro atoms. The molecule has 0 N–H and O–H groups in total. The summed E-state index contributed by atoms with van der Waals surface area (Å²) in [6.45, 7) is 0. The zero-order chi connectivity index (χ0) is 26.0. The highest BCUT2D eigenvalue weighted by Gasteiger charge is 2.30. The zero-order valence-electron chi connectivity index (χ0n) is 21.0. The molecule has 0 unspecified atom stereocenters. The molecular weight excluding hydrogens is 495 g/mol. The van der Waals surface area contributed by atoms with Crippen molar-refractivity contribution in [3.05, 3.63) is 140 Å². The number of hydrogen-bond acceptors (Lipinski definition) is 2. The second-order valence-corrected chi connectivity index (χ2v) is 12.8. The molecule has 0 atom stereocenters. The van der Waals surface area contributed by atoms with Crippen molar-refractivity contribution >= 4 is 77.3 Å². The summed E-state index contributed by atoms with van der Waals surface area (Å²) >= 11 is 0. The fourth-order valence-corrected chi connectivity index (χ4v) is 8.75. The van der Waals surface area contributed by atoms with Crippen molar-refractivity contribution in [1.29, 1.82) is 0 Å². The summed E-state index contributed by atoms with van der Waals surface area (Å²) in [6.07, 6.45) is 0. The molecule has 184 valence electrons. The topological polar surface area (TPSA) is 30.2 Å². The Balaban J connectivity index is 1.49. The molecule has 0 aliphatic heterocycles. The van der Waals surface area contributed by atoms with Crippen LogP contribution in [0.2, 0.25) is 0 Å². The van der Waals surface area contributed by atoms with Crippen LogP contribution in [-0.2, 0) is 4.57 Å². The van der Waals surface area contributed by atoms with Crippen LogP contribution in [0.4, 0.5) is 0 Å². The van der Waals surface area contributed by atoms with E-state index < -0.39 is 7.14 Å². The maximum atomic E-state index is 15.1. The van der Waals surface area contributed by atoms with Crippen LogP contribution in [0.3, 0.4) is 0 Å². The van der Waals surface area contributed by atoms with Crippen molar-refractivity contribution in [2.45, 2.75) is 0 Å². The predicted octanol–water partition coefficient (Wildman–Crippen LogP) is 8.69. The lowest BCUT2D eigenvalue weighted by Crippen LogP contribution is -2.24. The summed E-state index contributed by atoms with van der Waals surface area (Å²) in [5, 5.41) is 11.6. The van der Waals surface area contributed by atoms with Crippen molar-refractivity contribution in [2.24, 2.45) is 0 Å². The summed E-state index contributed by atoms with van der Waals surface area (Å²) in [4.78, 5) is 0. The van der Waals surface area contributed by atoms with E-state index in [1.807, 2.05) is 72.8 Å². The summed E-state index contributed by atoms with van der Waals surface area (Å²) in [5.74, 6) is 0. The minimum atomic E-state index is -3.10. The Labute approximate surface area is 225 Å². The fourth-order valence-electron chi connectivity index (χ4n) is 6.08. The monoisotopic (exact) mass is 518 g/mol. The second kappa shape index (κ2) is 8.43. The predicted molar refractivity (Wildman–Crippen MR) is 166 cm³/mol. The number of hydrogen-bond donors (Lipinski definition) is 0. The molecule has 8 aromatic rings. The van der Waals surface area contributed by atoms with E-state index in [1.54, 1.807) is 0 Å². The van der Waals surface area contributed by atoms with Gasteiger partial charge in [0.15, 0.2) is 7.14 Å². The van der Waals surface area contributed by atoms with E-state index >= 15 is 4.57 Å². The van der Waals surface area contributed by atoms with Gasteiger partial charge in [-0.1, -0.05) is 115 Å². The average molecular weight is 519 g/mol. The first kappa shape index (κ1) is 22.3. The van der Waals surface area contributed by atoms with Crippen molar-refractivity contribution in [2.75, 3.05) is 0 Å². The van der Waals surface area contributed by atoms with Crippen LogP contribution in [0.1, 0.15) is 0 Å². The lowest BCUT2D eigenvalue weighted by Gasteiger charge is -2.21. The normalized spacial score (nSPS) is 12.2. The molecule has 8 rings (SSSR count). The Morgan fingerprint density at radius 3 is 1.54 bits per heavy atom. The molecular formula is C36H23O2P. The first-order valence-electron chi connectivity index (χ1n) is 13.1. The van der Waals surface area contributed by atoms with Crippen LogP contribution in [0.5, 0.6) is 0 Å². The average Bonchev–Trinajstić information content (AvgIpc) is 3.38. The molecule has 2 nitrogen and oxygen atoms in total. The van der Waals surface area contributed by atoms with Gasteiger partial charge in [0.1, 0.15) is 11.2 Å². The van der Waals surface area contributed by atoms with E-state index in [1.165, 1.54) is 10.8 Å². The Bertz CT molecular complexity index is 2200. The standard InChI is InChI=1S/C36H23O2P/c37-39(24-11-3-1-4-12-24,25-13-5-2-6-14-25)26-19-20-29-31(21-26)27-15-7-8-16-28(27)32-22-34-30-17-9-10-18-35(30)38-36(34)23-33(29)32/h1-23H. The molecule has 0 amide bonds. The van der Waals surface area contributed by atoms with Gasteiger partial charge in [0.05, 0.1) is 0 Å². The minimum absolute atomic E-state index is 0.835. The number of furan rings is 1. The van der Waals surface area contributed by atoms with Gasteiger partial charge >= 0.3 is 0 Å². The zero-order valence-corrected chi connectivity index (χ0v) is 21.9. The van der Waals surface area contributed by atoms with Crippen LogP contribution in [0.25, 0.3) is 54.3 Å². The van der Waals surface area contributed by atoms with Crippen molar-refractivity contribution in [3.63, 3.8) is 0 Å². The van der Waals surface area contributed by atoms with Gasteiger partial charge in [-0.25, -0.2) is 0 Å². The van der Waals surface area contributed by atoms with Gasteiger partial charge in [-0.2, -0.15) is 0 Å². The minimum Gasteiger partial charge on any atom is -0.456 e. The number of rotatable bonds is 3. The molecule has 1 heterocycles. The summed E-state index contributed by atoms with van der Waals surface area (Å²) in [7, 11) is -3.10. The van der Waals surface area contributed by atoms with E-state index in [9.17, 15) is 0 Å². The highest BCUT2D eigenvalue weighted by Crippen LogP contribution is 2.45. The number of fused-ring (bicyclic) bond motifs is 9. The third-order valence-corrected chi connectivity index (χ3v) is 11.0. The molecule has 39 heavy (non-hydrogen) atoms. The van der Waals surface area contributed by atoms with Gasteiger partial charge in [0.2, 0.25) is 0 Å². The Morgan fingerprint density at radius 1 is 0.359 bits per heavy atom. The quantitative estimate of drug-likeness (QED) is 0.173. The molecule has 0 bridgehead atoms. The fraction of sp³-hybridized carbons (Fsp3) is 0. The number of para-hydroxylation sites is 1. The van der Waals surface area contributed by atoms with Crippen molar-refractivity contribution in [3.8, 4) is 0 Å². The van der Waals surface area contributed by atoms with Crippen LogP contribution in [-0.4, -0.2) is 0 Å². The van der Waals surface area contributed by atoms with E-state index in [-0.39, 0.29) is 0 Å². The van der Waals surface area contributed by atoms with Crippen LogP contribution in [0, 0.1) is 0 Å². The molecule has 0 radical (unpaired) electrons.